The van der Waals surface area contributed by atoms with Gasteiger partial charge >= 0.3 is 0 Å². The number of nitrogens with zero attached hydrogens (tertiary/aromatic N) is 4. The van der Waals surface area contributed by atoms with Crippen LogP contribution in [0.3, 0.4) is 0 Å². The minimum atomic E-state index is -0.197. The standard InChI is InChI=1S/C21H20ClN7OS/c1-12-3-6-14(7-4-12)17-10-18(26-25-17)20-27-28-21(29(20)23)31-11-19(30)24-15-8-5-13(2)16(22)9-15/h3-10H,11,23H2,1-2H3,(H,24,30)(H,25,26). The first-order valence-corrected chi connectivity index (χ1v) is 10.8. The Labute approximate surface area is 188 Å². The summed E-state index contributed by atoms with van der Waals surface area (Å²) >= 11 is 7.28. The van der Waals surface area contributed by atoms with Gasteiger partial charge in [0, 0.05) is 16.3 Å². The van der Waals surface area contributed by atoms with Gasteiger partial charge in [-0.3, -0.25) is 9.89 Å². The molecule has 0 aliphatic carbocycles. The molecule has 0 fully saturated rings. The topological polar surface area (TPSA) is 115 Å². The van der Waals surface area contributed by atoms with Gasteiger partial charge in [0.2, 0.25) is 16.9 Å². The number of anilines is 1. The zero-order valence-corrected chi connectivity index (χ0v) is 18.5. The summed E-state index contributed by atoms with van der Waals surface area (Å²) in [4.78, 5) is 12.3. The third kappa shape index (κ3) is 4.73. The lowest BCUT2D eigenvalue weighted by molar-refractivity contribution is -0.113. The summed E-state index contributed by atoms with van der Waals surface area (Å²) in [7, 11) is 0. The van der Waals surface area contributed by atoms with E-state index in [2.05, 4.69) is 25.7 Å². The number of nitrogens with one attached hydrogen (secondary N) is 2. The van der Waals surface area contributed by atoms with Gasteiger partial charge < -0.3 is 11.2 Å². The molecule has 0 unspecified atom stereocenters. The molecule has 4 aromatic rings. The molecule has 0 saturated carbocycles. The number of thioether (sulfide) groups is 1. The van der Waals surface area contributed by atoms with E-state index in [0.717, 1.165) is 16.8 Å². The van der Waals surface area contributed by atoms with Crippen molar-refractivity contribution in [1.82, 2.24) is 25.1 Å². The number of benzene rings is 2. The van der Waals surface area contributed by atoms with Crippen LogP contribution in [0.2, 0.25) is 5.02 Å². The number of aromatic nitrogens is 5. The number of aromatic amines is 1. The molecule has 31 heavy (non-hydrogen) atoms. The second-order valence-electron chi connectivity index (χ2n) is 7.01. The van der Waals surface area contributed by atoms with E-state index in [1.165, 1.54) is 22.0 Å². The molecule has 0 bridgehead atoms. The first-order valence-electron chi connectivity index (χ1n) is 9.43. The van der Waals surface area contributed by atoms with Gasteiger partial charge in [0.05, 0.1) is 11.4 Å². The van der Waals surface area contributed by atoms with Crippen LogP contribution in [0.25, 0.3) is 22.8 Å². The molecule has 2 heterocycles. The number of carbonyl (C=O) groups is 1. The molecule has 2 aromatic heterocycles. The van der Waals surface area contributed by atoms with Crippen LogP contribution >= 0.6 is 23.4 Å². The maximum atomic E-state index is 12.3. The van der Waals surface area contributed by atoms with Crippen LogP contribution in [-0.4, -0.2) is 36.7 Å². The number of nitrogens with two attached hydrogens (primary N) is 1. The van der Waals surface area contributed by atoms with Crippen molar-refractivity contribution in [2.75, 3.05) is 16.9 Å². The van der Waals surface area contributed by atoms with Gasteiger partial charge in [0.25, 0.3) is 0 Å². The highest BCUT2D eigenvalue weighted by Crippen LogP contribution is 2.25. The molecule has 0 spiro atoms. The van der Waals surface area contributed by atoms with Gasteiger partial charge in [-0.15, -0.1) is 10.2 Å². The average molecular weight is 454 g/mol. The fraction of sp³-hybridized carbons (Fsp3) is 0.143. The van der Waals surface area contributed by atoms with Crippen molar-refractivity contribution in [3.8, 4) is 22.8 Å². The Bertz CT molecular complexity index is 1230. The Morgan fingerprint density at radius 1 is 1.16 bits per heavy atom. The number of hydrogen-bond donors (Lipinski definition) is 3. The summed E-state index contributed by atoms with van der Waals surface area (Å²) in [6, 6.07) is 15.3. The van der Waals surface area contributed by atoms with Crippen molar-refractivity contribution in [2.24, 2.45) is 0 Å². The normalized spacial score (nSPS) is 10.9. The van der Waals surface area contributed by atoms with Crippen LogP contribution in [0.5, 0.6) is 0 Å². The van der Waals surface area contributed by atoms with Crippen LogP contribution in [0.15, 0.2) is 53.7 Å². The number of H-pyrrole nitrogens is 1. The average Bonchev–Trinajstić information content (AvgIpc) is 3.36. The summed E-state index contributed by atoms with van der Waals surface area (Å²) < 4.78 is 1.34. The summed E-state index contributed by atoms with van der Waals surface area (Å²) in [5.41, 5.74) is 5.16. The predicted octanol–water partition coefficient (Wildman–Crippen LogP) is 4.05. The first-order chi connectivity index (χ1) is 14.9. The zero-order chi connectivity index (χ0) is 22.0. The maximum Gasteiger partial charge on any atom is 0.234 e. The number of carbonyl (C=O) groups excluding carboxylic acids is 1. The molecule has 0 saturated heterocycles. The smallest absolute Gasteiger partial charge is 0.234 e. The molecule has 4 rings (SSSR count). The Morgan fingerprint density at radius 3 is 2.68 bits per heavy atom. The number of hydrogen-bond acceptors (Lipinski definition) is 6. The molecule has 4 N–H and O–H groups in total. The van der Waals surface area contributed by atoms with E-state index >= 15 is 0 Å². The van der Waals surface area contributed by atoms with Gasteiger partial charge in [-0.25, -0.2) is 4.68 Å². The van der Waals surface area contributed by atoms with Crippen molar-refractivity contribution in [2.45, 2.75) is 19.0 Å². The highest BCUT2D eigenvalue weighted by Gasteiger charge is 2.16. The largest absolute Gasteiger partial charge is 0.335 e. The summed E-state index contributed by atoms with van der Waals surface area (Å²) in [5.74, 6) is 6.51. The van der Waals surface area contributed by atoms with E-state index in [1.54, 1.807) is 12.1 Å². The molecular formula is C21H20ClN7OS. The molecule has 2 aromatic carbocycles. The fourth-order valence-corrected chi connectivity index (χ4v) is 3.70. The molecule has 8 nitrogen and oxygen atoms in total. The Hall–Kier alpha value is -3.30. The number of aryl methyl sites for hydroxylation is 2. The number of halogens is 1. The van der Waals surface area contributed by atoms with Crippen molar-refractivity contribution >= 4 is 35.0 Å². The van der Waals surface area contributed by atoms with Crippen LogP contribution in [-0.2, 0) is 4.79 Å². The van der Waals surface area contributed by atoms with Gasteiger partial charge in [-0.1, -0.05) is 59.3 Å². The molecule has 0 aliphatic rings. The van der Waals surface area contributed by atoms with Crippen LogP contribution in [0.4, 0.5) is 5.69 Å². The number of amides is 1. The molecule has 10 heteroatoms. The van der Waals surface area contributed by atoms with Gasteiger partial charge in [-0.2, -0.15) is 5.10 Å². The van der Waals surface area contributed by atoms with Gasteiger partial charge in [-0.05, 0) is 37.6 Å². The van der Waals surface area contributed by atoms with E-state index in [-0.39, 0.29) is 11.7 Å². The lowest BCUT2D eigenvalue weighted by Gasteiger charge is -2.06. The lowest BCUT2D eigenvalue weighted by Crippen LogP contribution is -2.16. The molecular weight excluding hydrogens is 434 g/mol. The van der Waals surface area contributed by atoms with Crippen LogP contribution in [0, 0.1) is 13.8 Å². The molecule has 158 valence electrons. The fourth-order valence-electron chi connectivity index (χ4n) is 2.87. The van der Waals surface area contributed by atoms with E-state index in [4.69, 9.17) is 17.4 Å². The number of rotatable bonds is 6. The molecule has 1 amide bonds. The Kier molecular flexibility index (Phi) is 5.97. The maximum absolute atomic E-state index is 12.3. The molecule has 0 aliphatic heterocycles. The predicted molar refractivity (Wildman–Crippen MR) is 123 cm³/mol. The molecule has 0 atom stereocenters. The first kappa shape index (κ1) is 21.0. The van der Waals surface area contributed by atoms with Gasteiger partial charge in [0.1, 0.15) is 5.69 Å². The second-order valence-corrected chi connectivity index (χ2v) is 8.36. The highest BCUT2D eigenvalue weighted by molar-refractivity contribution is 7.99. The van der Waals surface area contributed by atoms with Crippen molar-refractivity contribution in [3.05, 3.63) is 64.7 Å². The van der Waals surface area contributed by atoms with Crippen molar-refractivity contribution in [3.63, 3.8) is 0 Å². The minimum absolute atomic E-state index is 0.123. The van der Waals surface area contributed by atoms with Crippen molar-refractivity contribution < 1.29 is 4.79 Å². The quantitative estimate of drug-likeness (QED) is 0.299. The second kappa shape index (κ2) is 8.83. The Balaban J connectivity index is 1.42. The van der Waals surface area contributed by atoms with Crippen LogP contribution in [0.1, 0.15) is 11.1 Å². The van der Waals surface area contributed by atoms with Crippen LogP contribution < -0.4 is 11.2 Å². The zero-order valence-electron chi connectivity index (χ0n) is 16.9. The van der Waals surface area contributed by atoms with E-state index in [9.17, 15) is 4.79 Å². The Morgan fingerprint density at radius 2 is 1.94 bits per heavy atom. The lowest BCUT2D eigenvalue weighted by atomic mass is 10.1. The molecule has 0 radical (unpaired) electrons. The highest BCUT2D eigenvalue weighted by atomic mass is 35.5. The van der Waals surface area contributed by atoms with Crippen molar-refractivity contribution in [1.29, 1.82) is 0 Å². The third-order valence-corrected chi connectivity index (χ3v) is 5.97. The van der Waals surface area contributed by atoms with E-state index < -0.39 is 0 Å². The monoisotopic (exact) mass is 453 g/mol. The van der Waals surface area contributed by atoms with E-state index in [0.29, 0.717) is 27.4 Å². The summed E-state index contributed by atoms with van der Waals surface area (Å²) in [5, 5.41) is 19.3. The van der Waals surface area contributed by atoms with Gasteiger partial charge in [0.15, 0.2) is 0 Å². The third-order valence-electron chi connectivity index (χ3n) is 4.62. The summed E-state index contributed by atoms with van der Waals surface area (Å²) in [6.07, 6.45) is 0. The SMILES string of the molecule is Cc1ccc(-c2cc(-c3nnc(SCC(=O)Nc4ccc(C)c(Cl)c4)n3N)[nH]n2)cc1. The minimum Gasteiger partial charge on any atom is -0.335 e. The summed E-state index contributed by atoms with van der Waals surface area (Å²) in [6.45, 7) is 3.94. The number of nitrogen functional groups attached to an aromatic ring is 1. The van der Waals surface area contributed by atoms with E-state index in [1.807, 2.05) is 50.2 Å².